The Balaban J connectivity index is 1.69. The average Bonchev–Trinajstić information content (AvgIpc) is 2.82. The van der Waals surface area contributed by atoms with Crippen LogP contribution in [0, 0.1) is 11.3 Å². The Labute approximate surface area is 191 Å². The van der Waals surface area contributed by atoms with Crippen LogP contribution < -0.4 is 14.8 Å². The van der Waals surface area contributed by atoms with Crippen LogP contribution >= 0.6 is 0 Å². The maximum absolute atomic E-state index is 12.8. The van der Waals surface area contributed by atoms with Crippen molar-refractivity contribution in [1.29, 1.82) is 5.26 Å². The van der Waals surface area contributed by atoms with E-state index in [2.05, 4.69) is 10.1 Å². The van der Waals surface area contributed by atoms with Crippen molar-refractivity contribution in [1.82, 2.24) is 5.32 Å². The molecule has 3 rings (SSSR count). The Morgan fingerprint density at radius 2 is 1.94 bits per heavy atom. The predicted molar refractivity (Wildman–Crippen MR) is 119 cm³/mol. The fraction of sp³-hybridized carbons (Fsp3) is 0.360. The van der Waals surface area contributed by atoms with Gasteiger partial charge < -0.3 is 19.5 Å². The van der Waals surface area contributed by atoms with E-state index in [1.807, 2.05) is 24.3 Å². The quantitative estimate of drug-likeness (QED) is 0.423. The smallest absolute Gasteiger partial charge is 0.386 e. The van der Waals surface area contributed by atoms with E-state index >= 15 is 0 Å². The first kappa shape index (κ1) is 24.1. The van der Waals surface area contributed by atoms with Crippen LogP contribution in [0.2, 0.25) is 0 Å². The Morgan fingerprint density at radius 1 is 1.15 bits per heavy atom. The molecule has 1 aliphatic rings. The number of ether oxygens (including phenoxy) is 3. The topological polar surface area (TPSA) is 80.6 Å². The van der Waals surface area contributed by atoms with Gasteiger partial charge in [-0.3, -0.25) is 4.79 Å². The predicted octanol–water partition coefficient (Wildman–Crippen LogP) is 4.42. The lowest BCUT2D eigenvalue weighted by atomic mass is 9.89. The number of carbonyl (C=O) groups excluding carboxylic acids is 1. The van der Waals surface area contributed by atoms with E-state index in [1.54, 1.807) is 18.2 Å². The first-order valence-electron chi connectivity index (χ1n) is 10.7. The van der Waals surface area contributed by atoms with Crippen LogP contribution in [-0.4, -0.2) is 32.8 Å². The molecule has 1 amide bonds. The number of carbonyl (C=O) groups is 1. The van der Waals surface area contributed by atoms with Crippen LogP contribution in [-0.2, 0) is 28.8 Å². The molecule has 0 saturated heterocycles. The van der Waals surface area contributed by atoms with Crippen molar-refractivity contribution in [3.05, 3.63) is 64.9 Å². The molecule has 6 nitrogen and oxygen atoms in total. The van der Waals surface area contributed by atoms with Gasteiger partial charge in [0.15, 0.2) is 18.1 Å². The number of fused-ring (bicyclic) bond motifs is 1. The van der Waals surface area contributed by atoms with Gasteiger partial charge in [0.1, 0.15) is 12.3 Å². The Bertz CT molecular complexity index is 1050. The zero-order valence-electron chi connectivity index (χ0n) is 18.4. The molecular formula is C25H26F2N2O4. The van der Waals surface area contributed by atoms with E-state index in [1.165, 1.54) is 12.7 Å². The molecule has 0 spiro atoms. The molecule has 0 aromatic heterocycles. The van der Waals surface area contributed by atoms with Crippen LogP contribution in [0.5, 0.6) is 11.5 Å². The lowest BCUT2D eigenvalue weighted by Gasteiger charge is -2.17. The minimum absolute atomic E-state index is 0.0523. The van der Waals surface area contributed by atoms with Crippen molar-refractivity contribution in [3.63, 3.8) is 0 Å². The summed E-state index contributed by atoms with van der Waals surface area (Å²) < 4.78 is 40.3. The van der Waals surface area contributed by atoms with Crippen molar-refractivity contribution in [2.45, 2.75) is 38.7 Å². The number of hydrogen-bond donors (Lipinski definition) is 1. The molecule has 0 fully saturated rings. The highest BCUT2D eigenvalue weighted by Crippen LogP contribution is 2.28. The molecule has 174 valence electrons. The molecule has 2 aromatic carbocycles. The molecule has 1 N–H and O–H groups in total. The summed E-state index contributed by atoms with van der Waals surface area (Å²) in [5.41, 5.74) is 3.82. The highest BCUT2D eigenvalue weighted by molar-refractivity contribution is 6.19. The second kappa shape index (κ2) is 11.9. The van der Waals surface area contributed by atoms with Crippen LogP contribution in [0.15, 0.2) is 42.7 Å². The van der Waals surface area contributed by atoms with Gasteiger partial charge in [0.05, 0.1) is 12.7 Å². The monoisotopic (exact) mass is 456 g/mol. The van der Waals surface area contributed by atoms with E-state index < -0.39 is 12.5 Å². The van der Waals surface area contributed by atoms with Crippen LogP contribution in [0.3, 0.4) is 0 Å². The second-order valence-corrected chi connectivity index (χ2v) is 7.56. The standard InChI is InChI=1S/C25H26F2N2O4/c1-31-22-9-6-17(14-23(22)32-13-11-28)10-12-29-24(30)21(16-33-25(26)27)20-8-7-18-4-2-3-5-19(18)15-20/h6-9,14-16,25H,2-5,10,12-13H2,1H3,(H,29,30). The van der Waals surface area contributed by atoms with Gasteiger partial charge in [-0.25, -0.2) is 0 Å². The molecule has 0 saturated carbocycles. The number of aryl methyl sites for hydroxylation is 2. The number of rotatable bonds is 10. The Morgan fingerprint density at radius 3 is 2.67 bits per heavy atom. The molecule has 0 atom stereocenters. The third kappa shape index (κ3) is 6.69. The minimum atomic E-state index is -3.02. The summed E-state index contributed by atoms with van der Waals surface area (Å²) in [4.78, 5) is 12.8. The van der Waals surface area contributed by atoms with E-state index in [9.17, 15) is 13.6 Å². The van der Waals surface area contributed by atoms with Crippen molar-refractivity contribution < 1.29 is 27.8 Å². The van der Waals surface area contributed by atoms with Gasteiger partial charge in [0, 0.05) is 6.54 Å². The molecule has 0 radical (unpaired) electrons. The Kier molecular flexibility index (Phi) is 8.64. The number of methoxy groups -OCH3 is 1. The summed E-state index contributed by atoms with van der Waals surface area (Å²) in [5, 5.41) is 11.5. The van der Waals surface area contributed by atoms with Crippen molar-refractivity contribution >= 4 is 11.5 Å². The molecule has 1 aliphatic carbocycles. The molecule has 0 heterocycles. The van der Waals surface area contributed by atoms with Gasteiger partial charge in [0.25, 0.3) is 5.91 Å². The number of nitriles is 1. The number of amides is 1. The molecule has 0 bridgehead atoms. The lowest BCUT2D eigenvalue weighted by Crippen LogP contribution is -2.27. The normalized spacial score (nSPS) is 13.1. The molecule has 8 heteroatoms. The highest BCUT2D eigenvalue weighted by atomic mass is 19.3. The van der Waals surface area contributed by atoms with E-state index in [0.29, 0.717) is 23.5 Å². The van der Waals surface area contributed by atoms with Gasteiger partial charge in [-0.1, -0.05) is 24.3 Å². The van der Waals surface area contributed by atoms with Gasteiger partial charge in [-0.2, -0.15) is 14.0 Å². The summed E-state index contributed by atoms with van der Waals surface area (Å²) in [6.07, 6.45) is 5.37. The number of nitrogens with zero attached hydrogens (tertiary/aromatic N) is 1. The maximum atomic E-state index is 12.8. The lowest BCUT2D eigenvalue weighted by molar-refractivity contribution is -0.116. The number of benzene rings is 2. The SMILES string of the molecule is COc1ccc(CCNC(=O)C(=COC(F)F)c2ccc3c(c2)CCCC3)cc1OCC#N. The van der Waals surface area contributed by atoms with E-state index in [0.717, 1.165) is 43.1 Å². The van der Waals surface area contributed by atoms with Gasteiger partial charge in [-0.15, -0.1) is 0 Å². The van der Waals surface area contributed by atoms with Crippen molar-refractivity contribution in [2.75, 3.05) is 20.3 Å². The molecule has 0 unspecified atom stereocenters. The fourth-order valence-electron chi connectivity index (χ4n) is 3.79. The minimum Gasteiger partial charge on any atom is -0.493 e. The second-order valence-electron chi connectivity index (χ2n) is 7.56. The third-order valence-electron chi connectivity index (χ3n) is 5.41. The van der Waals surface area contributed by atoms with E-state index in [4.69, 9.17) is 14.7 Å². The summed E-state index contributed by atoms with van der Waals surface area (Å²) in [5.74, 6) is 0.434. The largest absolute Gasteiger partial charge is 0.493 e. The first-order valence-corrected chi connectivity index (χ1v) is 10.7. The zero-order chi connectivity index (χ0) is 23.6. The van der Waals surface area contributed by atoms with Crippen LogP contribution in [0.1, 0.15) is 35.1 Å². The summed E-state index contributed by atoms with van der Waals surface area (Å²) >= 11 is 0. The number of hydrogen-bond acceptors (Lipinski definition) is 5. The number of halogens is 2. The fourth-order valence-corrected chi connectivity index (χ4v) is 3.79. The van der Waals surface area contributed by atoms with Gasteiger partial charge in [-0.05, 0) is 66.5 Å². The Hall–Kier alpha value is -3.60. The molecule has 33 heavy (non-hydrogen) atoms. The maximum Gasteiger partial charge on any atom is 0.386 e. The number of alkyl halides is 2. The summed E-state index contributed by atoms with van der Waals surface area (Å²) in [6.45, 7) is -2.87. The molecule has 2 aromatic rings. The average molecular weight is 456 g/mol. The van der Waals surface area contributed by atoms with Gasteiger partial charge >= 0.3 is 6.61 Å². The third-order valence-corrected chi connectivity index (χ3v) is 5.41. The first-order chi connectivity index (χ1) is 16.0. The van der Waals surface area contributed by atoms with Crippen LogP contribution in [0.4, 0.5) is 8.78 Å². The van der Waals surface area contributed by atoms with Crippen LogP contribution in [0.25, 0.3) is 5.57 Å². The van der Waals surface area contributed by atoms with Gasteiger partial charge in [0.2, 0.25) is 0 Å². The molecular weight excluding hydrogens is 430 g/mol. The highest BCUT2D eigenvalue weighted by Gasteiger charge is 2.17. The van der Waals surface area contributed by atoms with Crippen molar-refractivity contribution in [2.24, 2.45) is 0 Å². The number of nitrogens with one attached hydrogen (secondary N) is 1. The summed E-state index contributed by atoms with van der Waals surface area (Å²) in [7, 11) is 1.50. The molecule has 0 aliphatic heterocycles. The van der Waals surface area contributed by atoms with Crippen molar-refractivity contribution in [3.8, 4) is 17.6 Å². The zero-order valence-corrected chi connectivity index (χ0v) is 18.4. The van der Waals surface area contributed by atoms with E-state index in [-0.39, 0.29) is 18.7 Å². The summed E-state index contributed by atoms with van der Waals surface area (Å²) in [6, 6.07) is 12.8.